The molecule has 3 aromatic carbocycles. The Morgan fingerprint density at radius 3 is 2.65 bits per heavy atom. The van der Waals surface area contributed by atoms with Crippen LogP contribution in [-0.2, 0) is 4.79 Å². The lowest BCUT2D eigenvalue weighted by atomic mass is 10.0. The average molecular weight is 364 g/mol. The summed E-state index contributed by atoms with van der Waals surface area (Å²) >= 11 is 1.48. The molecule has 0 aliphatic carbocycles. The maximum absolute atomic E-state index is 12.0. The summed E-state index contributed by atoms with van der Waals surface area (Å²) in [6, 6.07) is 20.0. The van der Waals surface area contributed by atoms with E-state index >= 15 is 0 Å². The number of methoxy groups -OCH3 is 1. The number of ether oxygens (including phenoxy) is 1. The van der Waals surface area contributed by atoms with E-state index in [-0.39, 0.29) is 5.91 Å². The summed E-state index contributed by atoms with van der Waals surface area (Å²) in [6.45, 7) is 2.04. The summed E-state index contributed by atoms with van der Waals surface area (Å²) in [7, 11) is 1.62. The molecule has 1 N–H and O–H groups in total. The van der Waals surface area contributed by atoms with Crippen LogP contribution in [0.1, 0.15) is 11.1 Å². The minimum Gasteiger partial charge on any atom is -0.496 e. The van der Waals surface area contributed by atoms with Crippen LogP contribution in [0.2, 0.25) is 0 Å². The summed E-state index contributed by atoms with van der Waals surface area (Å²) in [6.07, 6.45) is 1.63. The van der Waals surface area contributed by atoms with Gasteiger partial charge in [0.1, 0.15) is 5.75 Å². The van der Waals surface area contributed by atoms with Crippen LogP contribution in [0.25, 0.3) is 10.8 Å². The molecule has 0 unspecified atom stereocenters. The zero-order valence-corrected chi connectivity index (χ0v) is 15.5. The summed E-state index contributed by atoms with van der Waals surface area (Å²) in [5.74, 6) is 0.884. The third-order valence-electron chi connectivity index (χ3n) is 3.92. The summed E-state index contributed by atoms with van der Waals surface area (Å²) in [4.78, 5) is 13.1. The number of hydrogen-bond donors (Lipinski definition) is 1. The highest BCUT2D eigenvalue weighted by atomic mass is 32.2. The quantitative estimate of drug-likeness (QED) is 0.401. The molecule has 0 aliphatic heterocycles. The smallest absolute Gasteiger partial charge is 0.250 e. The van der Waals surface area contributed by atoms with Crippen molar-refractivity contribution in [2.45, 2.75) is 11.8 Å². The van der Waals surface area contributed by atoms with E-state index in [0.29, 0.717) is 5.75 Å². The first-order valence-electron chi connectivity index (χ1n) is 8.24. The van der Waals surface area contributed by atoms with Gasteiger partial charge in [0, 0.05) is 10.5 Å². The molecule has 3 aromatic rings. The van der Waals surface area contributed by atoms with Crippen LogP contribution in [0.15, 0.2) is 70.7 Å². The van der Waals surface area contributed by atoms with Crippen LogP contribution in [-0.4, -0.2) is 25.0 Å². The van der Waals surface area contributed by atoms with E-state index in [2.05, 4.69) is 10.5 Å². The molecule has 0 saturated carbocycles. The number of thioether (sulfide) groups is 1. The van der Waals surface area contributed by atoms with Crippen molar-refractivity contribution in [1.82, 2.24) is 5.43 Å². The van der Waals surface area contributed by atoms with E-state index < -0.39 is 0 Å². The standard InChI is InChI=1S/C21H20N2O2S/c1-15-7-10-17(11-8-15)26-14-21(24)23-22-13-19-18-6-4-3-5-16(18)9-12-20(19)25-2/h3-13H,14H2,1-2H3,(H,23,24)/b22-13+. The molecule has 1 amide bonds. The number of carbonyl (C=O) groups excluding carboxylic acids is 1. The SMILES string of the molecule is COc1ccc2ccccc2c1/C=N/NC(=O)CSc1ccc(C)cc1. The average Bonchev–Trinajstić information content (AvgIpc) is 2.67. The number of hydrazone groups is 1. The number of benzene rings is 3. The summed E-state index contributed by atoms with van der Waals surface area (Å²) in [5, 5.41) is 6.23. The van der Waals surface area contributed by atoms with Gasteiger partial charge in [0.05, 0.1) is 19.1 Å². The number of nitrogens with one attached hydrogen (secondary N) is 1. The van der Waals surface area contributed by atoms with Crippen LogP contribution < -0.4 is 10.2 Å². The fourth-order valence-electron chi connectivity index (χ4n) is 2.57. The second-order valence-corrected chi connectivity index (χ2v) is 6.85. The molecule has 26 heavy (non-hydrogen) atoms. The van der Waals surface area contributed by atoms with Crippen molar-refractivity contribution in [3.8, 4) is 5.75 Å². The van der Waals surface area contributed by atoms with E-state index in [1.807, 2.05) is 67.6 Å². The van der Waals surface area contributed by atoms with E-state index in [0.717, 1.165) is 27.0 Å². The third kappa shape index (κ3) is 4.43. The van der Waals surface area contributed by atoms with Gasteiger partial charge in [0.15, 0.2) is 0 Å². The molecular formula is C21H20N2O2S. The van der Waals surface area contributed by atoms with Gasteiger partial charge in [-0.1, -0.05) is 48.0 Å². The van der Waals surface area contributed by atoms with Crippen molar-refractivity contribution >= 4 is 34.7 Å². The first kappa shape index (κ1) is 18.0. The highest BCUT2D eigenvalue weighted by molar-refractivity contribution is 8.00. The zero-order valence-electron chi connectivity index (χ0n) is 14.7. The molecule has 0 spiro atoms. The van der Waals surface area contributed by atoms with Gasteiger partial charge in [-0.25, -0.2) is 5.43 Å². The number of hydrogen-bond acceptors (Lipinski definition) is 4. The number of amides is 1. The minimum absolute atomic E-state index is 0.147. The van der Waals surface area contributed by atoms with Gasteiger partial charge in [0.25, 0.3) is 0 Å². The predicted molar refractivity (Wildman–Crippen MR) is 108 cm³/mol. The molecule has 0 bridgehead atoms. The Bertz CT molecular complexity index is 936. The Hall–Kier alpha value is -2.79. The van der Waals surface area contributed by atoms with Gasteiger partial charge < -0.3 is 4.74 Å². The van der Waals surface area contributed by atoms with E-state index in [1.54, 1.807) is 13.3 Å². The second kappa shape index (κ2) is 8.54. The molecular weight excluding hydrogens is 344 g/mol. The maximum Gasteiger partial charge on any atom is 0.250 e. The molecule has 5 heteroatoms. The Morgan fingerprint density at radius 2 is 1.88 bits per heavy atom. The van der Waals surface area contributed by atoms with E-state index in [4.69, 9.17) is 4.74 Å². The molecule has 0 aromatic heterocycles. The van der Waals surface area contributed by atoms with Gasteiger partial charge in [0.2, 0.25) is 5.91 Å². The van der Waals surface area contributed by atoms with Crippen LogP contribution >= 0.6 is 11.8 Å². The Balaban J connectivity index is 1.65. The first-order valence-corrected chi connectivity index (χ1v) is 9.23. The monoisotopic (exact) mass is 364 g/mol. The predicted octanol–water partition coefficient (Wildman–Crippen LogP) is 4.40. The molecule has 4 nitrogen and oxygen atoms in total. The molecule has 0 saturated heterocycles. The van der Waals surface area contributed by atoms with Crippen molar-refractivity contribution in [1.29, 1.82) is 0 Å². The van der Waals surface area contributed by atoms with E-state index in [1.165, 1.54) is 17.3 Å². The van der Waals surface area contributed by atoms with Gasteiger partial charge in [-0.15, -0.1) is 11.8 Å². The molecule has 0 radical (unpaired) electrons. The fourth-order valence-corrected chi connectivity index (χ4v) is 3.26. The third-order valence-corrected chi connectivity index (χ3v) is 4.94. The van der Waals surface area contributed by atoms with Crippen LogP contribution in [0.5, 0.6) is 5.75 Å². The molecule has 0 aliphatic rings. The highest BCUT2D eigenvalue weighted by Crippen LogP contribution is 2.26. The number of nitrogens with zero attached hydrogens (tertiary/aromatic N) is 1. The summed E-state index contributed by atoms with van der Waals surface area (Å²) < 4.78 is 5.42. The van der Waals surface area contributed by atoms with Gasteiger partial charge in [-0.3, -0.25) is 4.79 Å². The van der Waals surface area contributed by atoms with Gasteiger partial charge in [-0.2, -0.15) is 5.10 Å². The molecule has 0 fully saturated rings. The Labute approximate surface area is 157 Å². The number of aryl methyl sites for hydroxylation is 1. The number of fused-ring (bicyclic) bond motifs is 1. The normalized spacial score (nSPS) is 11.0. The van der Waals surface area contributed by atoms with Crippen molar-refractivity contribution in [2.24, 2.45) is 5.10 Å². The number of carbonyl (C=O) groups is 1. The van der Waals surface area contributed by atoms with Crippen LogP contribution in [0, 0.1) is 6.92 Å². The van der Waals surface area contributed by atoms with Crippen molar-refractivity contribution < 1.29 is 9.53 Å². The van der Waals surface area contributed by atoms with E-state index in [9.17, 15) is 4.79 Å². The topological polar surface area (TPSA) is 50.7 Å². The first-order chi connectivity index (χ1) is 12.7. The lowest BCUT2D eigenvalue weighted by molar-refractivity contribution is -0.118. The van der Waals surface area contributed by atoms with Crippen LogP contribution in [0.3, 0.4) is 0 Å². The summed E-state index contributed by atoms with van der Waals surface area (Å²) in [5.41, 5.74) is 4.63. The lowest BCUT2D eigenvalue weighted by Crippen LogP contribution is -2.19. The second-order valence-electron chi connectivity index (χ2n) is 5.80. The van der Waals surface area contributed by atoms with Crippen molar-refractivity contribution in [3.63, 3.8) is 0 Å². The largest absolute Gasteiger partial charge is 0.496 e. The van der Waals surface area contributed by atoms with Gasteiger partial charge in [-0.05, 0) is 35.9 Å². The molecule has 0 atom stereocenters. The highest BCUT2D eigenvalue weighted by Gasteiger charge is 2.06. The lowest BCUT2D eigenvalue weighted by Gasteiger charge is -2.08. The maximum atomic E-state index is 12.0. The van der Waals surface area contributed by atoms with Gasteiger partial charge >= 0.3 is 0 Å². The molecule has 3 rings (SSSR count). The Morgan fingerprint density at radius 1 is 1.12 bits per heavy atom. The minimum atomic E-state index is -0.147. The fraction of sp³-hybridized carbons (Fsp3) is 0.143. The zero-order chi connectivity index (χ0) is 18.4. The molecule has 0 heterocycles. The van der Waals surface area contributed by atoms with Crippen LogP contribution in [0.4, 0.5) is 0 Å². The molecule has 132 valence electrons. The Kier molecular flexibility index (Phi) is 5.92. The number of rotatable bonds is 6. The van der Waals surface area contributed by atoms with Crippen molar-refractivity contribution in [3.05, 3.63) is 71.8 Å². The van der Waals surface area contributed by atoms with Crippen molar-refractivity contribution in [2.75, 3.05) is 12.9 Å².